The monoisotopic (exact) mass is 1340 g/mol. The number of aliphatic imine (C=N–C) groups is 2. The number of benzene rings is 6. The molecule has 5 heterocycles. The van der Waals surface area contributed by atoms with Gasteiger partial charge in [0.25, 0.3) is 11.8 Å². The van der Waals surface area contributed by atoms with Crippen LogP contribution in [-0.4, -0.2) is 210 Å². The first kappa shape index (κ1) is 68.8. The lowest BCUT2D eigenvalue weighted by Gasteiger charge is -2.39. The van der Waals surface area contributed by atoms with Crippen LogP contribution >= 0.6 is 0 Å². The molecule has 0 radical (unpaired) electrons. The van der Waals surface area contributed by atoms with Gasteiger partial charge in [-0.1, -0.05) is 48.5 Å². The van der Waals surface area contributed by atoms with Crippen LogP contribution in [0.5, 0.6) is 40.2 Å². The largest absolute Gasteiger partial charge is 0.501 e. The van der Waals surface area contributed by atoms with Crippen LogP contribution in [-0.2, 0) is 61.8 Å². The maximum atomic E-state index is 14.2. The van der Waals surface area contributed by atoms with Gasteiger partial charge in [-0.25, -0.2) is 0 Å². The molecule has 510 valence electrons. The fraction of sp³-hybridized carbons (Fsp3) is 0.414. The number of hydrogen-bond donors (Lipinski definition) is 4. The Kier molecular flexibility index (Phi) is 22.3. The third kappa shape index (κ3) is 16.3. The van der Waals surface area contributed by atoms with Gasteiger partial charge in [-0.3, -0.25) is 24.4 Å². The Morgan fingerprint density at radius 1 is 0.615 bits per heavy atom. The summed E-state index contributed by atoms with van der Waals surface area (Å²) in [6.07, 6.45) is -3.32. The fourth-order valence-electron chi connectivity index (χ4n) is 12.2. The number of ether oxygens (including phenoxy) is 9. The van der Waals surface area contributed by atoms with Crippen molar-refractivity contribution in [3.8, 4) is 40.2 Å². The lowest BCUT2D eigenvalue weighted by Crippen LogP contribution is -2.60. The first-order chi connectivity index (χ1) is 46.4. The highest BCUT2D eigenvalue weighted by molar-refractivity contribution is 7.82. The molecule has 5 aliphatic rings. The Hall–Kier alpha value is -8.54. The van der Waals surface area contributed by atoms with Crippen LogP contribution in [0, 0.1) is 0 Å². The Labute approximate surface area is 556 Å². The van der Waals surface area contributed by atoms with Crippen molar-refractivity contribution in [2.45, 2.75) is 95.0 Å². The predicted molar refractivity (Wildman–Crippen MR) is 350 cm³/mol. The molecule has 5 aliphatic heterocycles. The van der Waals surface area contributed by atoms with Crippen LogP contribution in [0.2, 0.25) is 0 Å². The molecule has 1 unspecified atom stereocenters. The zero-order valence-electron chi connectivity index (χ0n) is 53.9. The molecule has 0 bridgehead atoms. The molecule has 4 N–H and O–H groups in total. The summed E-state index contributed by atoms with van der Waals surface area (Å²) in [5, 5.41) is 41.6. The Bertz CT molecular complexity index is 3780. The molecule has 6 aromatic rings. The normalized spacial score (nSPS) is 20.3. The van der Waals surface area contributed by atoms with Crippen molar-refractivity contribution in [1.29, 1.82) is 0 Å². The number of amides is 2. The number of rotatable bonds is 31. The molecule has 1 fully saturated rings. The highest BCUT2D eigenvalue weighted by Gasteiger charge is 2.45. The third-order valence-electron chi connectivity index (χ3n) is 17.5. The van der Waals surface area contributed by atoms with Crippen molar-refractivity contribution >= 4 is 51.8 Å². The zero-order valence-corrected chi connectivity index (χ0v) is 54.7. The lowest BCUT2D eigenvalue weighted by molar-refractivity contribution is -0.922. The van der Waals surface area contributed by atoms with E-state index in [9.17, 15) is 43.2 Å². The van der Waals surface area contributed by atoms with Crippen molar-refractivity contribution in [1.82, 2.24) is 9.80 Å². The van der Waals surface area contributed by atoms with E-state index >= 15 is 0 Å². The van der Waals surface area contributed by atoms with Crippen molar-refractivity contribution in [2.75, 3.05) is 93.8 Å². The van der Waals surface area contributed by atoms with Crippen LogP contribution in [0.4, 0.5) is 11.4 Å². The highest BCUT2D eigenvalue weighted by atomic mass is 32.3. The number of carbonyl (C=O) groups excluding carboxylic acids is 3. The second-order valence-corrected chi connectivity index (χ2v) is 25.3. The summed E-state index contributed by atoms with van der Waals surface area (Å²) in [5.41, 5.74) is 6.94. The number of hydrogen-bond acceptors (Lipinski definition) is 22. The van der Waals surface area contributed by atoms with Gasteiger partial charge in [0.2, 0.25) is 6.29 Å². The van der Waals surface area contributed by atoms with Gasteiger partial charge in [0.1, 0.15) is 63.0 Å². The van der Waals surface area contributed by atoms with Crippen LogP contribution in [0.25, 0.3) is 0 Å². The number of methoxy groups -OCH3 is 2. The first-order valence-corrected chi connectivity index (χ1v) is 33.2. The van der Waals surface area contributed by atoms with Gasteiger partial charge in [0.15, 0.2) is 40.3 Å². The van der Waals surface area contributed by atoms with E-state index in [4.69, 9.17) is 61.0 Å². The smallest absolute Gasteiger partial charge is 0.493 e. The zero-order chi connectivity index (χ0) is 67.5. The molecule has 7 atom stereocenters. The standard InChI is InChI=1S/C70H80N5O20S/c1-5-87-27-28-89-30-29-88-24-10-15-57(77)47-18-21-58(92-70-67(80)66(79)65(78)64(43-76)93-70)63(33-47)95-96(83,84)94-52-19-16-44(17-20-52)42-75(2,22-25-90-61-36-55-53(34-59(61)85-3)68(81)73-40-48-13-8-6-11-45(48)31-50(73)38-71-55)23-26-91-62-37-56-54(35-60(62)86-4)69(82)74-41-49-14-9-7-12-46(49)32-51(74)39-72-56/h6-9,11-14,16-21,33-39,50-51,64-67,70,76,78-80H,5,10,15,22-32,40-43H2,1-4H3/q+1/t50-,51-,64+,65-,66-,67+,70?/m0/s1. The molecule has 1 saturated heterocycles. The van der Waals surface area contributed by atoms with Gasteiger partial charge in [-0.15, -0.1) is 8.42 Å². The second-order valence-electron chi connectivity index (χ2n) is 24.1. The topological polar surface area (TPSA) is 299 Å². The highest BCUT2D eigenvalue weighted by Crippen LogP contribution is 2.41. The van der Waals surface area contributed by atoms with Crippen molar-refractivity contribution in [3.63, 3.8) is 0 Å². The summed E-state index contributed by atoms with van der Waals surface area (Å²) in [7, 11) is -0.0287. The summed E-state index contributed by atoms with van der Waals surface area (Å²) < 4.78 is 91.5. The van der Waals surface area contributed by atoms with E-state index in [0.29, 0.717) is 131 Å². The number of ketones is 1. The van der Waals surface area contributed by atoms with Crippen LogP contribution in [0.3, 0.4) is 0 Å². The summed E-state index contributed by atoms with van der Waals surface area (Å²) in [5.74, 6) is -0.368. The van der Waals surface area contributed by atoms with Crippen molar-refractivity contribution in [2.24, 2.45) is 9.98 Å². The van der Waals surface area contributed by atoms with Gasteiger partial charge in [0.05, 0.1) is 88.9 Å². The molecule has 0 aromatic heterocycles. The second kappa shape index (κ2) is 31.1. The van der Waals surface area contributed by atoms with E-state index in [-0.39, 0.29) is 71.7 Å². The molecule has 6 aromatic carbocycles. The molecule has 0 spiro atoms. The molecule has 26 heteroatoms. The lowest BCUT2D eigenvalue weighted by atomic mass is 9.94. The molecule has 96 heavy (non-hydrogen) atoms. The summed E-state index contributed by atoms with van der Waals surface area (Å²) in [6, 6.07) is 32.4. The number of quaternary nitrogens is 1. The number of likely N-dealkylation sites (N-methyl/N-ethyl adjacent to an activating group) is 1. The minimum atomic E-state index is -5.05. The third-order valence-corrected chi connectivity index (χ3v) is 18.3. The summed E-state index contributed by atoms with van der Waals surface area (Å²) in [6.45, 7) is 5.70. The van der Waals surface area contributed by atoms with Crippen LogP contribution in [0.1, 0.15) is 78.7 Å². The number of carbonyl (C=O) groups is 3. The van der Waals surface area contributed by atoms with E-state index in [0.717, 1.165) is 22.8 Å². The average molecular weight is 1340 g/mol. The summed E-state index contributed by atoms with van der Waals surface area (Å²) >= 11 is 0. The van der Waals surface area contributed by atoms with Crippen molar-refractivity contribution < 1.29 is 98.7 Å². The van der Waals surface area contributed by atoms with E-state index < -0.39 is 59.2 Å². The molecular formula is C70H80N5O20S+. The van der Waals surface area contributed by atoms with Gasteiger partial charge in [0, 0.05) is 68.4 Å². The van der Waals surface area contributed by atoms with Gasteiger partial charge < -0.3 is 85.7 Å². The first-order valence-electron chi connectivity index (χ1n) is 31.9. The fourth-order valence-corrected chi connectivity index (χ4v) is 12.9. The molecule has 0 saturated carbocycles. The SMILES string of the molecule is CCOCCOCCOCCCC(=O)c1ccc(OC2O[C@H](CO)[C@H](O)[C@H](O)[C@H]2O)c(OS(=O)(=O)Oc2ccc(C[N+](C)(CCOc3cc4c(cc3OC)C(=O)N3Cc5ccccc5C[C@H]3C=N4)CCOc3cc4c(cc3OC)C(=O)N3Cc5ccccc5C[C@H]3C=N4)cc2)c1. The molecule has 25 nitrogen and oxygen atoms in total. The Balaban J connectivity index is 0.800. The van der Waals surface area contributed by atoms with Gasteiger partial charge in [-0.05, 0) is 103 Å². The number of fused-ring (bicyclic) bond motifs is 6. The summed E-state index contributed by atoms with van der Waals surface area (Å²) in [4.78, 5) is 55.2. The van der Waals surface area contributed by atoms with E-state index in [1.807, 2.05) is 72.6 Å². The quantitative estimate of drug-likeness (QED) is 0.0211. The molecular weight excluding hydrogens is 1260 g/mol. The van der Waals surface area contributed by atoms with Gasteiger partial charge in [-0.2, -0.15) is 0 Å². The van der Waals surface area contributed by atoms with Gasteiger partial charge >= 0.3 is 10.4 Å². The van der Waals surface area contributed by atoms with E-state index in [2.05, 4.69) is 12.1 Å². The average Bonchev–Trinajstić information content (AvgIpc) is 1.52. The molecule has 2 amide bonds. The number of nitrogens with zero attached hydrogens (tertiary/aromatic N) is 5. The number of aliphatic hydroxyl groups excluding tert-OH is 4. The van der Waals surface area contributed by atoms with Crippen LogP contribution in [0.15, 0.2) is 125 Å². The Morgan fingerprint density at radius 3 is 1.70 bits per heavy atom. The molecule has 0 aliphatic carbocycles. The maximum Gasteiger partial charge on any atom is 0.501 e. The van der Waals surface area contributed by atoms with Crippen molar-refractivity contribution in [3.05, 3.63) is 160 Å². The van der Waals surface area contributed by atoms with E-state index in [1.165, 1.54) is 49.6 Å². The Morgan fingerprint density at radius 2 is 1.16 bits per heavy atom. The maximum absolute atomic E-state index is 14.2. The predicted octanol–water partition coefficient (Wildman–Crippen LogP) is 6.29. The van der Waals surface area contributed by atoms with Crippen LogP contribution < -0.4 is 32.1 Å². The molecule has 11 rings (SSSR count). The number of aliphatic hydroxyl groups is 4. The number of Topliss-reactive ketones (excluding diaryl/α,β-unsaturated/α-hetero) is 1. The minimum Gasteiger partial charge on any atom is -0.493 e. The van der Waals surface area contributed by atoms with E-state index in [1.54, 1.807) is 36.4 Å². The minimum absolute atomic E-state index is 0.00102.